The van der Waals surface area contributed by atoms with Gasteiger partial charge >= 0.3 is 0 Å². The molecule has 5 rings (SSSR count). The molecule has 0 N–H and O–H groups in total. The number of para-hydroxylation sites is 2. The zero-order valence-corrected chi connectivity index (χ0v) is 17.6. The fourth-order valence-electron chi connectivity index (χ4n) is 3.31. The van der Waals surface area contributed by atoms with E-state index in [9.17, 15) is 0 Å². The third-order valence-corrected chi connectivity index (χ3v) is 5.54. The Morgan fingerprint density at radius 1 is 0.828 bits per heavy atom. The van der Waals surface area contributed by atoms with Crippen LogP contribution in [0.25, 0.3) is 40.1 Å². The Hall–Kier alpha value is -2.95. The number of hydrogen-bond acceptors (Lipinski definition) is 2. The fourth-order valence-corrected chi connectivity index (χ4v) is 3.70. The second-order valence-corrected chi connectivity index (χ2v) is 8.05. The maximum absolute atomic E-state index is 6.06. The number of halogens is 2. The van der Waals surface area contributed by atoms with Gasteiger partial charge in [-0.25, -0.2) is 9.97 Å². The van der Waals surface area contributed by atoms with Crippen LogP contribution in [0.4, 0.5) is 0 Å². The summed E-state index contributed by atoms with van der Waals surface area (Å²) in [6.45, 7) is 0. The van der Waals surface area contributed by atoms with Crippen molar-refractivity contribution in [2.45, 2.75) is 0 Å². The summed E-state index contributed by atoms with van der Waals surface area (Å²) in [6, 6.07) is 24.0. The lowest BCUT2D eigenvalue weighted by molar-refractivity contribution is 1.14. The van der Waals surface area contributed by atoms with Gasteiger partial charge in [-0.3, -0.25) is 4.40 Å². The van der Waals surface area contributed by atoms with Crippen LogP contribution >= 0.6 is 27.5 Å². The van der Waals surface area contributed by atoms with E-state index in [1.807, 2.05) is 66.9 Å². The molecule has 140 valence electrons. The highest BCUT2D eigenvalue weighted by Gasteiger charge is 2.11. The second-order valence-electron chi connectivity index (χ2n) is 6.70. The SMILES string of the molecule is Clc1ccc(-c2cn3c(nc4ccccc43)c(/C=C\c3ccc(Br)cc3)n2)cc1. The summed E-state index contributed by atoms with van der Waals surface area (Å²) in [4.78, 5) is 9.72. The molecule has 0 spiro atoms. The molecular formula is C24H15BrClN3. The van der Waals surface area contributed by atoms with Gasteiger partial charge in [-0.2, -0.15) is 0 Å². The molecule has 0 aliphatic carbocycles. The van der Waals surface area contributed by atoms with E-state index in [2.05, 4.69) is 44.6 Å². The number of fused-ring (bicyclic) bond motifs is 3. The lowest BCUT2D eigenvalue weighted by Crippen LogP contribution is -1.96. The zero-order chi connectivity index (χ0) is 19.8. The number of benzene rings is 3. The van der Waals surface area contributed by atoms with E-state index < -0.39 is 0 Å². The summed E-state index contributed by atoms with van der Waals surface area (Å²) in [5, 5.41) is 0.707. The Labute approximate surface area is 181 Å². The minimum absolute atomic E-state index is 0.707. The third-order valence-electron chi connectivity index (χ3n) is 4.76. The van der Waals surface area contributed by atoms with Crippen molar-refractivity contribution in [2.75, 3.05) is 0 Å². The molecule has 3 nitrogen and oxygen atoms in total. The van der Waals surface area contributed by atoms with Gasteiger partial charge in [-0.05, 0) is 48.0 Å². The van der Waals surface area contributed by atoms with Crippen LogP contribution in [0.5, 0.6) is 0 Å². The van der Waals surface area contributed by atoms with E-state index >= 15 is 0 Å². The number of hydrogen-bond donors (Lipinski definition) is 0. The first kappa shape index (κ1) is 18.1. The highest BCUT2D eigenvalue weighted by Crippen LogP contribution is 2.26. The number of aromatic nitrogens is 3. The van der Waals surface area contributed by atoms with Crippen LogP contribution in [0.2, 0.25) is 5.02 Å². The van der Waals surface area contributed by atoms with Crippen molar-refractivity contribution < 1.29 is 0 Å². The van der Waals surface area contributed by atoms with E-state index in [0.717, 1.165) is 43.7 Å². The van der Waals surface area contributed by atoms with Crippen molar-refractivity contribution in [3.8, 4) is 11.3 Å². The average Bonchev–Trinajstić information content (AvgIpc) is 3.12. The molecule has 0 amide bonds. The summed E-state index contributed by atoms with van der Waals surface area (Å²) < 4.78 is 3.16. The van der Waals surface area contributed by atoms with Crippen molar-refractivity contribution in [2.24, 2.45) is 0 Å². The molecule has 2 heterocycles. The highest BCUT2D eigenvalue weighted by atomic mass is 79.9. The Kier molecular flexibility index (Phi) is 4.66. The lowest BCUT2D eigenvalue weighted by Gasteiger charge is -2.06. The first-order valence-electron chi connectivity index (χ1n) is 9.15. The topological polar surface area (TPSA) is 30.2 Å². The maximum atomic E-state index is 6.06. The molecular weight excluding hydrogens is 446 g/mol. The summed E-state index contributed by atoms with van der Waals surface area (Å²) in [6.07, 6.45) is 6.11. The standard InChI is InChI=1S/C24H15BrClN3/c25-18-10-5-16(6-11-18)7-14-21-24-28-20-3-1-2-4-23(20)29(24)15-22(27-21)17-8-12-19(26)13-9-17/h1-15H/b14-7-. The largest absolute Gasteiger partial charge is 0.296 e. The Balaban J connectivity index is 1.71. The van der Waals surface area contributed by atoms with E-state index in [-0.39, 0.29) is 0 Å². The van der Waals surface area contributed by atoms with Gasteiger partial charge in [0.25, 0.3) is 0 Å². The molecule has 29 heavy (non-hydrogen) atoms. The minimum atomic E-state index is 0.707. The van der Waals surface area contributed by atoms with Crippen LogP contribution < -0.4 is 0 Å². The molecule has 0 bridgehead atoms. The molecule has 0 fully saturated rings. The van der Waals surface area contributed by atoms with Crippen molar-refractivity contribution in [3.05, 3.63) is 99.7 Å². The normalized spacial score (nSPS) is 11.7. The van der Waals surface area contributed by atoms with Gasteiger partial charge in [0, 0.05) is 21.3 Å². The van der Waals surface area contributed by atoms with Gasteiger partial charge in [-0.1, -0.05) is 70.0 Å². The van der Waals surface area contributed by atoms with E-state index in [1.54, 1.807) is 0 Å². The zero-order valence-electron chi connectivity index (χ0n) is 15.3. The quantitative estimate of drug-likeness (QED) is 0.286. The second kappa shape index (κ2) is 7.47. The van der Waals surface area contributed by atoms with Crippen LogP contribution in [0, 0.1) is 0 Å². The molecule has 0 atom stereocenters. The van der Waals surface area contributed by atoms with Crippen molar-refractivity contribution in [1.29, 1.82) is 0 Å². The molecule has 5 aromatic rings. The van der Waals surface area contributed by atoms with Crippen LogP contribution in [0.15, 0.2) is 83.5 Å². The van der Waals surface area contributed by atoms with Crippen LogP contribution in [0.1, 0.15) is 11.3 Å². The molecule has 0 aliphatic heterocycles. The molecule has 3 aromatic carbocycles. The molecule has 5 heteroatoms. The molecule has 0 saturated heterocycles. The average molecular weight is 461 g/mol. The molecule has 0 saturated carbocycles. The van der Waals surface area contributed by atoms with Crippen molar-refractivity contribution >= 4 is 56.4 Å². The van der Waals surface area contributed by atoms with Gasteiger partial charge < -0.3 is 0 Å². The summed E-state index contributed by atoms with van der Waals surface area (Å²) in [5.74, 6) is 0. The first-order chi connectivity index (χ1) is 14.2. The van der Waals surface area contributed by atoms with Crippen LogP contribution in [-0.4, -0.2) is 14.4 Å². The van der Waals surface area contributed by atoms with Gasteiger partial charge in [0.2, 0.25) is 0 Å². The van der Waals surface area contributed by atoms with Gasteiger partial charge in [0.05, 0.1) is 16.7 Å². The first-order valence-corrected chi connectivity index (χ1v) is 10.3. The van der Waals surface area contributed by atoms with E-state index in [1.165, 1.54) is 0 Å². The highest BCUT2D eigenvalue weighted by molar-refractivity contribution is 9.10. The predicted molar refractivity (Wildman–Crippen MR) is 124 cm³/mol. The fraction of sp³-hybridized carbons (Fsp3) is 0. The summed E-state index contributed by atoms with van der Waals surface area (Å²) in [7, 11) is 0. The summed E-state index contributed by atoms with van der Waals surface area (Å²) >= 11 is 9.54. The van der Waals surface area contributed by atoms with Crippen LogP contribution in [0.3, 0.4) is 0 Å². The van der Waals surface area contributed by atoms with E-state index in [0.29, 0.717) is 5.02 Å². The molecule has 0 radical (unpaired) electrons. The van der Waals surface area contributed by atoms with Gasteiger partial charge in [0.15, 0.2) is 5.65 Å². The summed E-state index contributed by atoms with van der Waals surface area (Å²) in [5.41, 5.74) is 6.62. The Morgan fingerprint density at radius 2 is 1.59 bits per heavy atom. The number of rotatable bonds is 3. The van der Waals surface area contributed by atoms with Gasteiger partial charge in [0.1, 0.15) is 5.69 Å². The maximum Gasteiger partial charge on any atom is 0.164 e. The molecule has 0 unspecified atom stereocenters. The van der Waals surface area contributed by atoms with Crippen LogP contribution in [-0.2, 0) is 0 Å². The predicted octanol–water partition coefficient (Wildman–Crippen LogP) is 7.14. The van der Waals surface area contributed by atoms with Crippen molar-refractivity contribution in [3.63, 3.8) is 0 Å². The lowest BCUT2D eigenvalue weighted by atomic mass is 10.1. The number of nitrogens with zero attached hydrogens (tertiary/aromatic N) is 3. The Bertz CT molecular complexity index is 1350. The van der Waals surface area contributed by atoms with Gasteiger partial charge in [-0.15, -0.1) is 0 Å². The Morgan fingerprint density at radius 3 is 2.38 bits per heavy atom. The smallest absolute Gasteiger partial charge is 0.164 e. The minimum Gasteiger partial charge on any atom is -0.296 e. The number of imidazole rings is 1. The third kappa shape index (κ3) is 3.57. The van der Waals surface area contributed by atoms with Crippen molar-refractivity contribution in [1.82, 2.24) is 14.4 Å². The molecule has 0 aliphatic rings. The monoisotopic (exact) mass is 459 g/mol. The molecule has 2 aromatic heterocycles. The van der Waals surface area contributed by atoms with E-state index in [4.69, 9.17) is 21.6 Å².